The van der Waals surface area contributed by atoms with Gasteiger partial charge in [0.2, 0.25) is 17.7 Å². The van der Waals surface area contributed by atoms with Crippen molar-refractivity contribution in [2.24, 2.45) is 0 Å². The number of nitrogens with zero attached hydrogens (tertiary/aromatic N) is 2. The van der Waals surface area contributed by atoms with Gasteiger partial charge in [-0.25, -0.2) is 0 Å². The molecule has 0 fully saturated rings. The summed E-state index contributed by atoms with van der Waals surface area (Å²) in [5, 5.41) is 13.8. The third-order valence-corrected chi connectivity index (χ3v) is 5.50. The molecule has 2 aromatic carbocycles. The lowest BCUT2D eigenvalue weighted by Gasteiger charge is -2.13. The number of thioether (sulfide) groups is 1. The van der Waals surface area contributed by atoms with E-state index in [0.29, 0.717) is 10.9 Å². The third-order valence-electron chi connectivity index (χ3n) is 4.31. The van der Waals surface area contributed by atoms with Crippen LogP contribution in [-0.4, -0.2) is 33.8 Å². The van der Waals surface area contributed by atoms with Crippen LogP contribution in [0.4, 0.5) is 5.69 Å². The van der Waals surface area contributed by atoms with Gasteiger partial charge in [-0.05, 0) is 56.2 Å². The van der Waals surface area contributed by atoms with Crippen LogP contribution < -0.4 is 10.6 Å². The van der Waals surface area contributed by atoms with Gasteiger partial charge in [0.15, 0.2) is 0 Å². The molecule has 7 nitrogen and oxygen atoms in total. The van der Waals surface area contributed by atoms with Crippen LogP contribution in [0, 0.1) is 13.8 Å². The molecule has 2 N–H and O–H groups in total. The van der Waals surface area contributed by atoms with Crippen LogP contribution in [0.2, 0.25) is 5.02 Å². The quantitative estimate of drug-likeness (QED) is 0.529. The van der Waals surface area contributed by atoms with Gasteiger partial charge in [-0.1, -0.05) is 41.6 Å². The maximum Gasteiger partial charge on any atom is 0.277 e. The number of hydrogen-bond donors (Lipinski definition) is 2. The molecule has 0 aliphatic rings. The highest BCUT2D eigenvalue weighted by Crippen LogP contribution is 2.27. The zero-order valence-electron chi connectivity index (χ0n) is 16.7. The van der Waals surface area contributed by atoms with Crippen molar-refractivity contribution >= 4 is 40.9 Å². The molecule has 0 saturated heterocycles. The topological polar surface area (TPSA) is 97.1 Å². The van der Waals surface area contributed by atoms with Crippen molar-refractivity contribution in [1.82, 2.24) is 15.5 Å². The maximum absolute atomic E-state index is 12.3. The number of aromatic nitrogens is 2. The van der Waals surface area contributed by atoms with Crippen LogP contribution in [0.1, 0.15) is 18.1 Å². The van der Waals surface area contributed by atoms with E-state index in [-0.39, 0.29) is 23.6 Å². The van der Waals surface area contributed by atoms with Gasteiger partial charge < -0.3 is 15.1 Å². The van der Waals surface area contributed by atoms with Gasteiger partial charge in [0.1, 0.15) is 0 Å². The van der Waals surface area contributed by atoms with Gasteiger partial charge in [0.05, 0.1) is 11.8 Å². The van der Waals surface area contributed by atoms with Gasteiger partial charge in [0.25, 0.3) is 5.22 Å². The molecule has 1 unspecified atom stereocenters. The lowest BCUT2D eigenvalue weighted by Crippen LogP contribution is -2.37. The maximum atomic E-state index is 12.3. The Balaban J connectivity index is 1.51. The van der Waals surface area contributed by atoms with Gasteiger partial charge in [0, 0.05) is 16.3 Å². The molecular formula is C21H21ClN4O3S. The molecule has 0 aliphatic heterocycles. The number of nitrogens with one attached hydrogen (secondary N) is 2. The number of amides is 2. The predicted molar refractivity (Wildman–Crippen MR) is 118 cm³/mol. The number of aryl methyl sites for hydroxylation is 2. The number of halogens is 1. The number of carbonyl (C=O) groups excluding carboxylic acids is 2. The fourth-order valence-electron chi connectivity index (χ4n) is 2.68. The third kappa shape index (κ3) is 5.61. The first kappa shape index (κ1) is 21.9. The zero-order chi connectivity index (χ0) is 21.7. The summed E-state index contributed by atoms with van der Waals surface area (Å²) < 4.78 is 5.60. The predicted octanol–water partition coefficient (Wildman–Crippen LogP) is 4.24. The van der Waals surface area contributed by atoms with E-state index in [0.717, 1.165) is 34.1 Å². The Morgan fingerprint density at radius 1 is 1.10 bits per heavy atom. The molecule has 9 heteroatoms. The highest BCUT2D eigenvalue weighted by molar-refractivity contribution is 8.00. The standard InChI is InChI=1S/C21H21ClN4O3S/c1-12-5-4-6-13(2)18(12)24-17(27)11-23-19(28)14(3)30-21-26-25-20(29-21)15-7-9-16(22)10-8-15/h4-10,14H,11H2,1-3H3,(H,23,28)(H,24,27). The van der Waals surface area contributed by atoms with E-state index in [1.165, 1.54) is 0 Å². The van der Waals surface area contributed by atoms with Crippen LogP contribution in [0.5, 0.6) is 0 Å². The minimum atomic E-state index is -0.517. The Morgan fingerprint density at radius 3 is 2.43 bits per heavy atom. The second-order valence-electron chi connectivity index (χ2n) is 6.67. The molecule has 156 valence electrons. The Hall–Kier alpha value is -2.84. The van der Waals surface area contributed by atoms with Crippen molar-refractivity contribution in [2.75, 3.05) is 11.9 Å². The summed E-state index contributed by atoms with van der Waals surface area (Å²) in [5.74, 6) is -0.251. The lowest BCUT2D eigenvalue weighted by molar-refractivity contribution is -0.123. The molecule has 0 radical (unpaired) electrons. The van der Waals surface area contributed by atoms with E-state index < -0.39 is 5.25 Å². The first-order valence-corrected chi connectivity index (χ1v) is 10.5. The van der Waals surface area contributed by atoms with E-state index in [1.54, 1.807) is 31.2 Å². The van der Waals surface area contributed by atoms with Crippen molar-refractivity contribution in [1.29, 1.82) is 0 Å². The molecule has 1 aromatic heterocycles. The molecule has 3 aromatic rings. The second-order valence-corrected chi connectivity index (χ2v) is 8.40. The van der Waals surface area contributed by atoms with Crippen LogP contribution in [0.3, 0.4) is 0 Å². The summed E-state index contributed by atoms with van der Waals surface area (Å²) in [5.41, 5.74) is 3.43. The lowest BCUT2D eigenvalue weighted by atomic mass is 10.1. The number of rotatable bonds is 7. The number of hydrogen-bond acceptors (Lipinski definition) is 6. The summed E-state index contributed by atoms with van der Waals surface area (Å²) in [4.78, 5) is 24.5. The minimum absolute atomic E-state index is 0.128. The van der Waals surface area contributed by atoms with Gasteiger partial charge in [-0.2, -0.15) is 0 Å². The monoisotopic (exact) mass is 444 g/mol. The average Bonchev–Trinajstić information content (AvgIpc) is 3.18. The summed E-state index contributed by atoms with van der Waals surface area (Å²) in [6.07, 6.45) is 0. The van der Waals surface area contributed by atoms with E-state index in [9.17, 15) is 9.59 Å². The van der Waals surface area contributed by atoms with Crippen LogP contribution in [0.15, 0.2) is 52.1 Å². The Kier molecular flexibility index (Phi) is 7.12. The number of carbonyl (C=O) groups is 2. The Labute approximate surface area is 183 Å². The fourth-order valence-corrected chi connectivity index (χ4v) is 3.51. The number of anilines is 1. The Morgan fingerprint density at radius 2 is 1.77 bits per heavy atom. The van der Waals surface area contributed by atoms with E-state index in [4.69, 9.17) is 16.0 Å². The van der Waals surface area contributed by atoms with Crippen molar-refractivity contribution in [3.05, 3.63) is 58.6 Å². The highest BCUT2D eigenvalue weighted by Gasteiger charge is 2.19. The van der Waals surface area contributed by atoms with Crippen LogP contribution in [0.25, 0.3) is 11.5 Å². The molecule has 0 saturated carbocycles. The van der Waals surface area contributed by atoms with Crippen molar-refractivity contribution < 1.29 is 14.0 Å². The molecule has 2 amide bonds. The molecule has 1 atom stereocenters. The summed E-state index contributed by atoms with van der Waals surface area (Å²) in [6.45, 7) is 5.41. The van der Waals surface area contributed by atoms with E-state index in [2.05, 4.69) is 20.8 Å². The van der Waals surface area contributed by atoms with Crippen molar-refractivity contribution in [3.63, 3.8) is 0 Å². The molecular weight excluding hydrogens is 424 g/mol. The van der Waals surface area contributed by atoms with Crippen LogP contribution >= 0.6 is 23.4 Å². The van der Waals surface area contributed by atoms with Crippen molar-refractivity contribution in [3.8, 4) is 11.5 Å². The van der Waals surface area contributed by atoms with E-state index in [1.807, 2.05) is 32.0 Å². The second kappa shape index (κ2) is 9.77. The van der Waals surface area contributed by atoms with Gasteiger partial charge in [-0.3, -0.25) is 9.59 Å². The average molecular weight is 445 g/mol. The smallest absolute Gasteiger partial charge is 0.277 e. The SMILES string of the molecule is Cc1cccc(C)c1NC(=O)CNC(=O)C(C)Sc1nnc(-c2ccc(Cl)cc2)o1. The Bertz CT molecular complexity index is 1030. The summed E-state index contributed by atoms with van der Waals surface area (Å²) in [6, 6.07) is 12.8. The molecule has 0 spiro atoms. The largest absolute Gasteiger partial charge is 0.411 e. The first-order valence-electron chi connectivity index (χ1n) is 9.23. The molecule has 0 aliphatic carbocycles. The van der Waals surface area contributed by atoms with Gasteiger partial charge >= 0.3 is 0 Å². The minimum Gasteiger partial charge on any atom is -0.411 e. The first-order chi connectivity index (χ1) is 14.3. The molecule has 30 heavy (non-hydrogen) atoms. The summed E-state index contributed by atoms with van der Waals surface area (Å²) >= 11 is 7.00. The van der Waals surface area contributed by atoms with Gasteiger partial charge in [-0.15, -0.1) is 10.2 Å². The summed E-state index contributed by atoms with van der Waals surface area (Å²) in [7, 11) is 0. The fraction of sp³-hybridized carbons (Fsp3) is 0.238. The van der Waals surface area contributed by atoms with E-state index >= 15 is 0 Å². The molecule has 3 rings (SSSR count). The highest BCUT2D eigenvalue weighted by atomic mass is 35.5. The van der Waals surface area contributed by atoms with Crippen molar-refractivity contribution in [2.45, 2.75) is 31.2 Å². The molecule has 1 heterocycles. The normalized spacial score (nSPS) is 11.7. The van der Waals surface area contributed by atoms with Crippen LogP contribution in [-0.2, 0) is 9.59 Å². The molecule has 0 bridgehead atoms. The number of para-hydroxylation sites is 1. The zero-order valence-corrected chi connectivity index (χ0v) is 18.3. The number of benzene rings is 2.